The minimum absolute atomic E-state index is 0.0458. The predicted octanol–water partition coefficient (Wildman–Crippen LogP) is 3.97. The molecule has 3 atom stereocenters. The van der Waals surface area contributed by atoms with Gasteiger partial charge in [-0.2, -0.15) is 4.31 Å². The Kier molecular flexibility index (Phi) is 9.80. The molecule has 2 N–H and O–H groups in total. The van der Waals surface area contributed by atoms with Crippen LogP contribution < -0.4 is 10.1 Å². The van der Waals surface area contributed by atoms with Crippen molar-refractivity contribution in [2.24, 2.45) is 13.0 Å². The first-order valence-electron chi connectivity index (χ1n) is 15.1. The summed E-state index contributed by atoms with van der Waals surface area (Å²) < 4.78 is 49.7. The second kappa shape index (κ2) is 13.6. The Bertz CT molecular complexity index is 1840. The number of carbonyl (C=O) groups excluding carboxylic acids is 2. The summed E-state index contributed by atoms with van der Waals surface area (Å²) in [6, 6.07) is 17.0. The number of rotatable bonds is 9. The molecule has 0 saturated heterocycles. The third-order valence-electron chi connectivity index (χ3n) is 8.49. The maximum absolute atomic E-state index is 13.6. The average Bonchev–Trinajstić information content (AvgIpc) is 3.35. The first kappa shape index (κ1) is 33.1. The number of likely N-dealkylation sites (N-methyl/N-ethyl adjacent to an activating group) is 1. The Balaban J connectivity index is 1.41. The van der Waals surface area contributed by atoms with Crippen LogP contribution in [0.15, 0.2) is 77.8 Å². The molecule has 12 heteroatoms. The van der Waals surface area contributed by atoms with Crippen LogP contribution in [0.3, 0.4) is 0 Å². The molecule has 0 radical (unpaired) electrons. The van der Waals surface area contributed by atoms with Crippen molar-refractivity contribution in [1.82, 2.24) is 13.8 Å². The van der Waals surface area contributed by atoms with E-state index in [1.54, 1.807) is 30.0 Å². The molecule has 2 heterocycles. The molecule has 5 rings (SSSR count). The van der Waals surface area contributed by atoms with E-state index in [-0.39, 0.29) is 55.2 Å². The summed E-state index contributed by atoms with van der Waals surface area (Å²) in [4.78, 5) is 28.2. The lowest BCUT2D eigenvalue weighted by molar-refractivity contribution is -0.134. The number of halogens is 1. The number of para-hydroxylation sites is 1. The Labute approximate surface area is 268 Å². The van der Waals surface area contributed by atoms with Crippen LogP contribution in [0, 0.1) is 11.7 Å². The third-order valence-corrected chi connectivity index (χ3v) is 10.3. The molecule has 2 amide bonds. The van der Waals surface area contributed by atoms with Gasteiger partial charge in [-0.25, -0.2) is 12.8 Å². The van der Waals surface area contributed by atoms with Crippen molar-refractivity contribution in [3.63, 3.8) is 0 Å². The van der Waals surface area contributed by atoms with Crippen molar-refractivity contribution < 1.29 is 32.2 Å². The maximum atomic E-state index is 13.6. The summed E-state index contributed by atoms with van der Waals surface area (Å²) in [5.74, 6) is -0.942. The highest BCUT2D eigenvalue weighted by molar-refractivity contribution is 7.89. The van der Waals surface area contributed by atoms with Gasteiger partial charge in [-0.15, -0.1) is 0 Å². The summed E-state index contributed by atoms with van der Waals surface area (Å²) in [5, 5.41) is 13.9. The molecule has 46 heavy (non-hydrogen) atoms. The standard InChI is InChI=1S/C34H39FN4O6S/c1-22-18-39(23(2)21-40)34(42)17-24-15-27(36-33(41)16-25-19-37(3)30-8-6-5-7-29(25)30)11-14-31(24)45-32(22)20-38(4)46(43,44)28-12-9-26(35)10-13-28/h5-15,19,22-23,32,40H,16-18,20-21H2,1-4H3,(H,36,41)/t22-,23+,32-/m1/s1. The fraction of sp³-hybridized carbons (Fsp3) is 0.353. The molecule has 1 aliphatic heterocycles. The van der Waals surface area contributed by atoms with Crippen LogP contribution in [-0.2, 0) is 39.5 Å². The fourth-order valence-electron chi connectivity index (χ4n) is 5.81. The summed E-state index contributed by atoms with van der Waals surface area (Å²) in [6.45, 7) is 3.52. The SMILES string of the molecule is C[C@@H]1CN([C@@H](C)CO)C(=O)Cc2cc(NC(=O)Cc3cn(C)c4ccccc34)ccc2O[C@@H]1CN(C)S(=O)(=O)c1ccc(F)cc1. The molecule has 0 aliphatic carbocycles. The minimum Gasteiger partial charge on any atom is -0.488 e. The largest absolute Gasteiger partial charge is 0.488 e. The predicted molar refractivity (Wildman–Crippen MR) is 173 cm³/mol. The van der Waals surface area contributed by atoms with Gasteiger partial charge in [0.1, 0.15) is 17.7 Å². The fourth-order valence-corrected chi connectivity index (χ4v) is 6.99. The van der Waals surface area contributed by atoms with Gasteiger partial charge in [0.2, 0.25) is 21.8 Å². The third kappa shape index (κ3) is 7.09. The number of fused-ring (bicyclic) bond motifs is 2. The van der Waals surface area contributed by atoms with Crippen LogP contribution in [0.2, 0.25) is 0 Å². The first-order chi connectivity index (χ1) is 21.9. The lowest BCUT2D eigenvalue weighted by Crippen LogP contribution is -2.48. The van der Waals surface area contributed by atoms with Crippen LogP contribution >= 0.6 is 0 Å². The first-order valence-corrected chi connectivity index (χ1v) is 16.6. The molecule has 1 aromatic heterocycles. The molecule has 1 aliphatic rings. The van der Waals surface area contributed by atoms with Gasteiger partial charge in [-0.05, 0) is 61.0 Å². The number of aromatic nitrogens is 1. The summed E-state index contributed by atoms with van der Waals surface area (Å²) >= 11 is 0. The summed E-state index contributed by atoms with van der Waals surface area (Å²) in [5.41, 5.74) is 2.93. The van der Waals surface area contributed by atoms with Crippen molar-refractivity contribution in [3.05, 3.63) is 89.9 Å². The van der Waals surface area contributed by atoms with Gasteiger partial charge in [0.05, 0.1) is 36.9 Å². The van der Waals surface area contributed by atoms with E-state index in [2.05, 4.69) is 5.32 Å². The summed E-state index contributed by atoms with van der Waals surface area (Å²) in [7, 11) is -0.612. The normalized spacial score (nSPS) is 18.0. The number of hydrogen-bond acceptors (Lipinski definition) is 6. The Morgan fingerprint density at radius 2 is 1.87 bits per heavy atom. The zero-order valence-corrected chi connectivity index (χ0v) is 27.1. The molecular weight excluding hydrogens is 611 g/mol. The van der Waals surface area contributed by atoms with Crippen molar-refractivity contribution in [3.8, 4) is 5.75 Å². The molecule has 0 unspecified atom stereocenters. The highest BCUT2D eigenvalue weighted by Gasteiger charge is 2.33. The molecule has 0 fully saturated rings. The van der Waals surface area contributed by atoms with Gasteiger partial charge >= 0.3 is 0 Å². The zero-order chi connectivity index (χ0) is 33.2. The van der Waals surface area contributed by atoms with Gasteiger partial charge in [-0.1, -0.05) is 25.1 Å². The van der Waals surface area contributed by atoms with Gasteiger partial charge in [-0.3, -0.25) is 9.59 Å². The number of aliphatic hydroxyl groups excluding tert-OH is 1. The van der Waals surface area contributed by atoms with E-state index in [0.717, 1.165) is 32.9 Å². The van der Waals surface area contributed by atoms with Crippen molar-refractivity contribution >= 4 is 38.4 Å². The maximum Gasteiger partial charge on any atom is 0.242 e. The summed E-state index contributed by atoms with van der Waals surface area (Å²) in [6.07, 6.45) is 1.36. The number of benzene rings is 3. The number of hydrogen-bond donors (Lipinski definition) is 2. The van der Waals surface area contributed by atoms with E-state index in [1.165, 1.54) is 19.2 Å². The number of nitrogens with zero attached hydrogens (tertiary/aromatic N) is 3. The highest BCUT2D eigenvalue weighted by Crippen LogP contribution is 2.30. The molecule has 3 aromatic carbocycles. The molecule has 0 bridgehead atoms. The lowest BCUT2D eigenvalue weighted by Gasteiger charge is -2.33. The van der Waals surface area contributed by atoms with Gasteiger partial charge in [0.25, 0.3) is 0 Å². The number of aryl methyl sites for hydroxylation is 1. The molecule has 0 saturated carbocycles. The van der Waals surface area contributed by atoms with Crippen LogP contribution in [0.4, 0.5) is 10.1 Å². The van der Waals surface area contributed by atoms with E-state index in [9.17, 15) is 27.5 Å². The number of anilines is 1. The van der Waals surface area contributed by atoms with Gasteiger partial charge in [0, 0.05) is 54.9 Å². The average molecular weight is 651 g/mol. The lowest BCUT2D eigenvalue weighted by atomic mass is 10.0. The number of nitrogens with one attached hydrogen (secondary N) is 1. The van der Waals surface area contributed by atoms with E-state index >= 15 is 0 Å². The minimum atomic E-state index is -3.97. The van der Waals surface area contributed by atoms with Crippen LogP contribution in [0.1, 0.15) is 25.0 Å². The van der Waals surface area contributed by atoms with Crippen molar-refractivity contribution in [2.75, 3.05) is 32.1 Å². The molecule has 10 nitrogen and oxygen atoms in total. The van der Waals surface area contributed by atoms with E-state index in [1.807, 2.05) is 49.0 Å². The molecule has 4 aromatic rings. The Hall–Kier alpha value is -4.26. The van der Waals surface area contributed by atoms with Gasteiger partial charge < -0.3 is 24.6 Å². The Morgan fingerprint density at radius 3 is 2.59 bits per heavy atom. The molecular formula is C34H39FN4O6S. The number of carbonyl (C=O) groups is 2. The van der Waals surface area contributed by atoms with E-state index in [0.29, 0.717) is 17.0 Å². The van der Waals surface area contributed by atoms with Crippen molar-refractivity contribution in [2.45, 2.75) is 43.7 Å². The van der Waals surface area contributed by atoms with Crippen LogP contribution in [0.25, 0.3) is 10.9 Å². The van der Waals surface area contributed by atoms with Gasteiger partial charge in [0.15, 0.2) is 0 Å². The number of aliphatic hydroxyl groups is 1. The highest BCUT2D eigenvalue weighted by atomic mass is 32.2. The van der Waals surface area contributed by atoms with Crippen LogP contribution in [0.5, 0.6) is 5.75 Å². The second-order valence-corrected chi connectivity index (χ2v) is 14.0. The molecule has 244 valence electrons. The van der Waals surface area contributed by atoms with Crippen LogP contribution in [-0.4, -0.2) is 78.0 Å². The smallest absolute Gasteiger partial charge is 0.242 e. The number of amides is 2. The topological polar surface area (TPSA) is 121 Å². The second-order valence-electron chi connectivity index (χ2n) is 12.0. The van der Waals surface area contributed by atoms with E-state index < -0.39 is 28.0 Å². The van der Waals surface area contributed by atoms with E-state index in [4.69, 9.17) is 4.74 Å². The monoisotopic (exact) mass is 650 g/mol. The quantitative estimate of drug-likeness (QED) is 0.283. The van der Waals surface area contributed by atoms with Crippen molar-refractivity contribution in [1.29, 1.82) is 0 Å². The Morgan fingerprint density at radius 1 is 1.15 bits per heavy atom. The zero-order valence-electron chi connectivity index (χ0n) is 26.3. The molecule has 0 spiro atoms. The number of sulfonamides is 1. The number of ether oxygens (including phenoxy) is 1.